The van der Waals surface area contributed by atoms with E-state index in [1.807, 2.05) is 0 Å². The molecule has 0 saturated heterocycles. The Balaban J connectivity index is 0. The summed E-state index contributed by atoms with van der Waals surface area (Å²) in [6.45, 7) is 3.71. The van der Waals surface area contributed by atoms with Crippen LogP contribution in [-0.4, -0.2) is 110 Å². The number of rotatable bonds is 8. The molecule has 106 valence electrons. The predicted molar refractivity (Wildman–Crippen MR) is 102 cm³/mol. The Labute approximate surface area is 148 Å². The Morgan fingerprint density at radius 3 is 1.26 bits per heavy atom. The fourth-order valence-electron chi connectivity index (χ4n) is 1.49. The summed E-state index contributed by atoms with van der Waals surface area (Å²) in [4.78, 5) is 22.1. The topological polar surface area (TPSA) is 61.8 Å². The molecule has 0 aliphatic carbocycles. The summed E-state index contributed by atoms with van der Waals surface area (Å²) in [5.74, 6) is -1.44. The maximum atomic E-state index is 11.0. The summed E-state index contributed by atoms with van der Waals surface area (Å²) in [5.41, 5.74) is 0. The minimum Gasteiger partial charge on any atom is -0.464 e. The Bertz CT molecular complexity index is 304. The van der Waals surface area contributed by atoms with E-state index >= 15 is 0 Å². The Kier molecular flexibility index (Phi) is 15.0. The summed E-state index contributed by atoms with van der Waals surface area (Å²) >= 11 is 0. The minimum absolute atomic E-state index is 0.206. The monoisotopic (exact) mass is 300 g/mol. The van der Waals surface area contributed by atoms with E-state index < -0.39 is 43.6 Å². The molecule has 0 heterocycles. The molecule has 0 saturated carbocycles. The van der Waals surface area contributed by atoms with Crippen LogP contribution in [0.5, 0.6) is 0 Å². The molecule has 0 fully saturated rings. The minimum atomic E-state index is -1.26. The molecule has 0 atom stereocenters. The molecular formula is C8H14B10O5. The number of carbonyl (C=O) groups excluding carboxylic acids is 2. The van der Waals surface area contributed by atoms with E-state index in [0.29, 0.717) is 0 Å². The standard InChI is InChI=1S/C8H14O5.B10/c1-4-12-7(9)6(11-3)8(10)13-5-2;1-7(2)10(8(3)4)9(5)6/h6H,4-5H2,1-3H3;. The SMILES string of the molecule is CCOC(=O)C(OC)C(=O)OCC.[B]B([B])B(B([B])[B])B([B])[B]. The van der Waals surface area contributed by atoms with E-state index in [1.54, 1.807) is 13.8 Å². The van der Waals surface area contributed by atoms with E-state index in [9.17, 15) is 9.59 Å². The molecule has 0 rings (SSSR count). The first-order chi connectivity index (χ1) is 10.6. The van der Waals surface area contributed by atoms with Crippen LogP contribution < -0.4 is 0 Å². The third-order valence-corrected chi connectivity index (χ3v) is 2.57. The first-order valence-corrected chi connectivity index (χ1v) is 7.03. The fourth-order valence-corrected chi connectivity index (χ4v) is 1.49. The van der Waals surface area contributed by atoms with Crippen LogP contribution in [0.3, 0.4) is 0 Å². The number of esters is 2. The third-order valence-electron chi connectivity index (χ3n) is 2.57. The maximum Gasteiger partial charge on any atom is 0.347 e. The highest BCUT2D eigenvalue weighted by Crippen LogP contribution is 1.97. The number of carbonyl (C=O) groups is 2. The second-order valence-electron chi connectivity index (χ2n) is 4.43. The van der Waals surface area contributed by atoms with Gasteiger partial charge in [-0.3, -0.25) is 0 Å². The van der Waals surface area contributed by atoms with Gasteiger partial charge in [0.15, 0.2) is 0 Å². The Hall–Kier alpha value is -0.451. The highest BCUT2D eigenvalue weighted by atomic mass is 16.6. The van der Waals surface area contributed by atoms with Gasteiger partial charge in [0.1, 0.15) is 0 Å². The van der Waals surface area contributed by atoms with Gasteiger partial charge < -0.3 is 14.2 Å². The molecule has 23 heavy (non-hydrogen) atoms. The van der Waals surface area contributed by atoms with Gasteiger partial charge in [-0.2, -0.15) is 0 Å². The van der Waals surface area contributed by atoms with Crippen LogP contribution in [-0.2, 0) is 23.8 Å². The molecular weight excluding hydrogens is 284 g/mol. The first-order valence-electron chi connectivity index (χ1n) is 7.03. The van der Waals surface area contributed by atoms with E-state index in [0.717, 1.165) is 0 Å². The maximum absolute atomic E-state index is 11.0. The molecule has 0 aromatic rings. The van der Waals surface area contributed by atoms with Gasteiger partial charge in [-0.05, 0) is 13.8 Å². The smallest absolute Gasteiger partial charge is 0.347 e. The van der Waals surface area contributed by atoms with Gasteiger partial charge in [-0.1, -0.05) is 0 Å². The lowest BCUT2D eigenvalue weighted by Crippen LogP contribution is -2.62. The van der Waals surface area contributed by atoms with E-state index in [4.69, 9.17) is 46.4 Å². The molecule has 0 unspecified atom stereocenters. The highest BCUT2D eigenvalue weighted by molar-refractivity contribution is 8.00. The molecule has 15 heteroatoms. The summed E-state index contributed by atoms with van der Waals surface area (Å²) in [6, 6.07) is 0. The highest BCUT2D eigenvalue weighted by Gasteiger charge is 2.29. The summed E-state index contributed by atoms with van der Waals surface area (Å²) in [6.07, 6.45) is -3.71. The number of hydrogen-bond acceptors (Lipinski definition) is 5. The van der Waals surface area contributed by atoms with Crippen LogP contribution in [0.15, 0.2) is 0 Å². The molecule has 0 aliphatic heterocycles. The van der Waals surface area contributed by atoms with E-state index in [2.05, 4.69) is 14.2 Å². The van der Waals surface area contributed by atoms with Crippen molar-refractivity contribution in [3.05, 3.63) is 0 Å². The van der Waals surface area contributed by atoms with Crippen molar-refractivity contribution in [3.63, 3.8) is 0 Å². The van der Waals surface area contributed by atoms with Gasteiger partial charge in [-0.15, -0.1) is 0 Å². The van der Waals surface area contributed by atoms with Crippen molar-refractivity contribution in [1.82, 2.24) is 0 Å². The van der Waals surface area contributed by atoms with Crippen LogP contribution in [0.1, 0.15) is 13.8 Å². The lowest BCUT2D eigenvalue weighted by Gasteiger charge is -2.23. The molecule has 0 N–H and O–H groups in total. The largest absolute Gasteiger partial charge is 0.464 e. The first kappa shape index (κ1) is 24.8. The van der Waals surface area contributed by atoms with Gasteiger partial charge in [0.05, 0.1) is 13.2 Å². The molecule has 0 aliphatic rings. The van der Waals surface area contributed by atoms with Crippen molar-refractivity contribution < 1.29 is 23.8 Å². The van der Waals surface area contributed by atoms with E-state index in [1.165, 1.54) is 7.11 Å². The lowest BCUT2D eigenvalue weighted by molar-refractivity contribution is -0.170. The van der Waals surface area contributed by atoms with Crippen LogP contribution in [0.25, 0.3) is 0 Å². The molecule has 0 amide bonds. The molecule has 0 spiro atoms. The van der Waals surface area contributed by atoms with Crippen LogP contribution >= 0.6 is 0 Å². The Morgan fingerprint density at radius 1 is 0.826 bits per heavy atom. The fraction of sp³-hybridized carbons (Fsp3) is 0.750. The summed E-state index contributed by atoms with van der Waals surface area (Å²) in [5, 5.41) is 0. The summed E-state index contributed by atoms with van der Waals surface area (Å²) in [7, 11) is 33.0. The number of methoxy groups -OCH3 is 1. The normalized spacial score (nSPS) is 9.22. The van der Waals surface area contributed by atoms with Crippen molar-refractivity contribution >= 4 is 83.9 Å². The average molecular weight is 298 g/mol. The molecule has 0 aromatic heterocycles. The van der Waals surface area contributed by atoms with Gasteiger partial charge >= 0.3 is 11.9 Å². The van der Waals surface area contributed by atoms with E-state index in [-0.39, 0.29) is 13.2 Å². The second kappa shape index (κ2) is 13.9. The van der Waals surface area contributed by atoms with Crippen molar-refractivity contribution in [2.45, 2.75) is 20.0 Å². The number of hydrogen-bond donors (Lipinski definition) is 0. The molecule has 0 aromatic carbocycles. The predicted octanol–water partition coefficient (Wildman–Crippen LogP) is -3.68. The zero-order valence-electron chi connectivity index (χ0n) is 13.8. The zero-order valence-corrected chi connectivity index (χ0v) is 13.8. The molecule has 0 bridgehead atoms. The van der Waals surface area contributed by atoms with Crippen molar-refractivity contribution in [1.29, 1.82) is 0 Å². The second-order valence-corrected chi connectivity index (χ2v) is 4.43. The van der Waals surface area contributed by atoms with Crippen molar-refractivity contribution in [2.75, 3.05) is 20.3 Å². The van der Waals surface area contributed by atoms with Gasteiger partial charge in [-0.25, -0.2) is 9.59 Å². The quantitative estimate of drug-likeness (QED) is 0.262. The molecule has 12 radical (unpaired) electrons. The Morgan fingerprint density at radius 2 is 1.13 bits per heavy atom. The van der Waals surface area contributed by atoms with Gasteiger partial charge in [0.25, 0.3) is 6.10 Å². The third kappa shape index (κ3) is 10.9. The van der Waals surface area contributed by atoms with Crippen molar-refractivity contribution in [2.24, 2.45) is 0 Å². The van der Waals surface area contributed by atoms with Crippen LogP contribution in [0.2, 0.25) is 0 Å². The van der Waals surface area contributed by atoms with Crippen LogP contribution in [0.4, 0.5) is 0 Å². The number of ether oxygens (including phenoxy) is 3. The summed E-state index contributed by atoms with van der Waals surface area (Å²) < 4.78 is 13.8. The lowest BCUT2D eigenvalue weighted by atomic mass is 8.58. The van der Waals surface area contributed by atoms with Gasteiger partial charge in [0.2, 0.25) is 0 Å². The van der Waals surface area contributed by atoms with Gasteiger partial charge in [0, 0.05) is 79.1 Å². The van der Waals surface area contributed by atoms with Crippen LogP contribution in [0, 0.1) is 0 Å². The molecule has 5 nitrogen and oxygen atoms in total. The zero-order chi connectivity index (χ0) is 18.6. The average Bonchev–Trinajstić information content (AvgIpc) is 2.39. The van der Waals surface area contributed by atoms with Crippen molar-refractivity contribution in [3.8, 4) is 0 Å².